The molecule has 6 heteroatoms. The minimum absolute atomic E-state index is 0.0841. The number of nitrogens with zero attached hydrogens (tertiary/aromatic N) is 3. The van der Waals surface area contributed by atoms with E-state index in [9.17, 15) is 4.79 Å². The normalized spacial score (nSPS) is 14.3. The molecule has 0 N–H and O–H groups in total. The van der Waals surface area contributed by atoms with Crippen LogP contribution in [0.15, 0.2) is 52.4 Å². The number of hydrogen-bond acceptors (Lipinski definition) is 6. The van der Waals surface area contributed by atoms with Gasteiger partial charge in [0, 0.05) is 18.0 Å². The zero-order valence-electron chi connectivity index (χ0n) is 13.8. The molecule has 25 heavy (non-hydrogen) atoms. The number of carbonyl (C=O) groups is 1. The highest BCUT2D eigenvalue weighted by atomic mass is 32.2. The number of rotatable bonds is 5. The van der Waals surface area contributed by atoms with Gasteiger partial charge in [-0.2, -0.15) is 0 Å². The number of aryl methyl sites for hydroxylation is 2. The third kappa shape index (κ3) is 3.35. The van der Waals surface area contributed by atoms with E-state index in [2.05, 4.69) is 21.2 Å². The minimum atomic E-state index is -0.290. The standard InChI is InChI=1S/C19H17N3O2S/c1-12(17(23)15-8-7-13-4-2-5-14(13)10-15)25-19-22-21-18(24-19)16-6-3-9-20-11-16/h3,6-12H,2,4-5H2,1H3. The van der Waals surface area contributed by atoms with Crippen molar-refractivity contribution in [2.45, 2.75) is 36.7 Å². The molecule has 1 aromatic carbocycles. The zero-order valence-corrected chi connectivity index (χ0v) is 14.6. The molecule has 0 aliphatic heterocycles. The Balaban J connectivity index is 1.47. The predicted octanol–water partition coefficient (Wildman–Crippen LogP) is 3.98. The largest absolute Gasteiger partial charge is 0.411 e. The highest BCUT2D eigenvalue weighted by Gasteiger charge is 2.22. The van der Waals surface area contributed by atoms with E-state index < -0.39 is 0 Å². The molecule has 0 saturated heterocycles. The molecule has 0 radical (unpaired) electrons. The van der Waals surface area contributed by atoms with Gasteiger partial charge in [0.25, 0.3) is 5.22 Å². The average Bonchev–Trinajstić information content (AvgIpc) is 3.30. The number of fused-ring (bicyclic) bond motifs is 1. The first kappa shape index (κ1) is 16.0. The van der Waals surface area contributed by atoms with Crippen LogP contribution >= 0.6 is 11.8 Å². The van der Waals surface area contributed by atoms with Gasteiger partial charge in [-0.05, 0) is 55.5 Å². The number of carbonyl (C=O) groups excluding carboxylic acids is 1. The van der Waals surface area contributed by atoms with Gasteiger partial charge in [-0.1, -0.05) is 23.9 Å². The molecular formula is C19H17N3O2S. The lowest BCUT2D eigenvalue weighted by molar-refractivity contribution is 0.0993. The summed E-state index contributed by atoms with van der Waals surface area (Å²) in [6.45, 7) is 1.87. The maximum Gasteiger partial charge on any atom is 0.277 e. The van der Waals surface area contributed by atoms with Crippen LogP contribution in [0.4, 0.5) is 0 Å². The van der Waals surface area contributed by atoms with Crippen molar-refractivity contribution in [3.8, 4) is 11.5 Å². The number of hydrogen-bond donors (Lipinski definition) is 0. The van der Waals surface area contributed by atoms with Crippen molar-refractivity contribution in [2.24, 2.45) is 0 Å². The van der Waals surface area contributed by atoms with Gasteiger partial charge in [0.1, 0.15) is 0 Å². The van der Waals surface area contributed by atoms with Crippen molar-refractivity contribution in [1.29, 1.82) is 0 Å². The highest BCUT2D eigenvalue weighted by molar-refractivity contribution is 8.00. The van der Waals surface area contributed by atoms with Crippen LogP contribution in [0.3, 0.4) is 0 Å². The number of ketones is 1. The molecule has 0 bridgehead atoms. The van der Waals surface area contributed by atoms with Crippen LogP contribution in [0, 0.1) is 0 Å². The first-order valence-corrected chi connectivity index (χ1v) is 9.15. The fourth-order valence-corrected chi connectivity index (χ4v) is 3.79. The molecular weight excluding hydrogens is 334 g/mol. The Hall–Kier alpha value is -2.47. The SMILES string of the molecule is CC(Sc1nnc(-c2cccnc2)o1)C(=O)c1ccc2c(c1)CCC2. The monoisotopic (exact) mass is 351 g/mol. The Morgan fingerprint density at radius 2 is 2.08 bits per heavy atom. The lowest BCUT2D eigenvalue weighted by Gasteiger charge is -2.09. The first-order chi connectivity index (χ1) is 12.2. The van der Waals surface area contributed by atoms with Gasteiger partial charge in [-0.3, -0.25) is 9.78 Å². The molecule has 0 spiro atoms. The second-order valence-electron chi connectivity index (χ2n) is 6.08. The number of thioether (sulfide) groups is 1. The Morgan fingerprint density at radius 3 is 2.92 bits per heavy atom. The molecule has 126 valence electrons. The van der Waals surface area contributed by atoms with Gasteiger partial charge in [-0.25, -0.2) is 0 Å². The number of aromatic nitrogens is 3. The van der Waals surface area contributed by atoms with E-state index in [1.54, 1.807) is 12.4 Å². The number of benzene rings is 1. The molecule has 2 heterocycles. The van der Waals surface area contributed by atoms with E-state index in [-0.39, 0.29) is 11.0 Å². The van der Waals surface area contributed by atoms with E-state index in [4.69, 9.17) is 4.42 Å². The quantitative estimate of drug-likeness (QED) is 0.511. The summed E-state index contributed by atoms with van der Waals surface area (Å²) in [6, 6.07) is 9.72. The summed E-state index contributed by atoms with van der Waals surface area (Å²) in [5, 5.41) is 8.16. The van der Waals surface area contributed by atoms with Gasteiger partial charge in [0.15, 0.2) is 5.78 Å². The second-order valence-corrected chi connectivity index (χ2v) is 7.37. The van der Waals surface area contributed by atoms with E-state index in [1.165, 1.54) is 29.3 Å². The first-order valence-electron chi connectivity index (χ1n) is 8.27. The molecule has 2 aromatic heterocycles. The molecule has 0 saturated carbocycles. The Labute approximate surface area is 149 Å². The minimum Gasteiger partial charge on any atom is -0.411 e. The van der Waals surface area contributed by atoms with Gasteiger partial charge in [-0.15, -0.1) is 10.2 Å². The van der Waals surface area contributed by atoms with E-state index in [1.807, 2.05) is 31.2 Å². The lowest BCUT2D eigenvalue weighted by Crippen LogP contribution is -2.13. The van der Waals surface area contributed by atoms with Crippen LogP contribution in [-0.4, -0.2) is 26.2 Å². The topological polar surface area (TPSA) is 68.9 Å². The van der Waals surface area contributed by atoms with Crippen LogP contribution < -0.4 is 0 Å². The van der Waals surface area contributed by atoms with Crippen LogP contribution in [0.2, 0.25) is 0 Å². The molecule has 1 aliphatic rings. The van der Waals surface area contributed by atoms with Crippen LogP contribution in [0.5, 0.6) is 0 Å². The van der Waals surface area contributed by atoms with Crippen molar-refractivity contribution in [1.82, 2.24) is 15.2 Å². The average molecular weight is 351 g/mol. The van der Waals surface area contributed by atoms with Crippen molar-refractivity contribution >= 4 is 17.5 Å². The molecule has 0 fully saturated rings. The third-order valence-corrected chi connectivity index (χ3v) is 5.28. The summed E-state index contributed by atoms with van der Waals surface area (Å²) in [7, 11) is 0. The molecule has 1 atom stereocenters. The van der Waals surface area contributed by atoms with Gasteiger partial charge >= 0.3 is 0 Å². The summed E-state index contributed by atoms with van der Waals surface area (Å²) in [6.07, 6.45) is 6.72. The van der Waals surface area contributed by atoms with Crippen LogP contribution in [-0.2, 0) is 12.8 Å². The van der Waals surface area contributed by atoms with Crippen LogP contribution in [0.1, 0.15) is 34.8 Å². The van der Waals surface area contributed by atoms with Crippen molar-refractivity contribution in [3.05, 3.63) is 59.4 Å². The molecule has 3 aromatic rings. The zero-order chi connectivity index (χ0) is 17.2. The molecule has 0 amide bonds. The Bertz CT molecular complexity index is 908. The smallest absolute Gasteiger partial charge is 0.277 e. The van der Waals surface area contributed by atoms with E-state index in [0.717, 1.165) is 24.0 Å². The summed E-state index contributed by atoms with van der Waals surface area (Å²) in [5.74, 6) is 0.494. The molecule has 1 unspecified atom stereocenters. The maximum absolute atomic E-state index is 12.7. The third-order valence-electron chi connectivity index (χ3n) is 4.34. The Morgan fingerprint density at radius 1 is 1.20 bits per heavy atom. The molecule has 4 rings (SSSR count). The predicted molar refractivity (Wildman–Crippen MR) is 95.6 cm³/mol. The van der Waals surface area contributed by atoms with E-state index in [0.29, 0.717) is 11.1 Å². The fourth-order valence-electron chi connectivity index (χ4n) is 3.03. The molecule has 5 nitrogen and oxygen atoms in total. The van der Waals surface area contributed by atoms with Crippen molar-refractivity contribution < 1.29 is 9.21 Å². The van der Waals surface area contributed by atoms with Crippen LogP contribution in [0.25, 0.3) is 11.5 Å². The maximum atomic E-state index is 12.7. The van der Waals surface area contributed by atoms with Gasteiger partial charge in [0.05, 0.1) is 10.8 Å². The number of Topliss-reactive ketones (excluding diaryl/α,β-unsaturated/α-hetero) is 1. The highest BCUT2D eigenvalue weighted by Crippen LogP contribution is 2.29. The molecule has 1 aliphatic carbocycles. The summed E-state index contributed by atoms with van der Waals surface area (Å²) in [5.41, 5.74) is 4.20. The summed E-state index contributed by atoms with van der Waals surface area (Å²) in [4.78, 5) is 16.7. The van der Waals surface area contributed by atoms with Gasteiger partial charge < -0.3 is 4.42 Å². The summed E-state index contributed by atoms with van der Waals surface area (Å²) < 4.78 is 5.65. The van der Waals surface area contributed by atoms with Crippen molar-refractivity contribution in [3.63, 3.8) is 0 Å². The van der Waals surface area contributed by atoms with Crippen molar-refractivity contribution in [2.75, 3.05) is 0 Å². The Kier molecular flexibility index (Phi) is 4.36. The number of pyridine rings is 1. The second kappa shape index (κ2) is 6.80. The summed E-state index contributed by atoms with van der Waals surface area (Å²) >= 11 is 1.29. The lowest BCUT2D eigenvalue weighted by atomic mass is 10.0. The fraction of sp³-hybridized carbons (Fsp3) is 0.263. The van der Waals surface area contributed by atoms with Gasteiger partial charge in [0.2, 0.25) is 5.89 Å². The van der Waals surface area contributed by atoms with E-state index >= 15 is 0 Å².